The average Bonchev–Trinajstić information content (AvgIpc) is 2.74. The number of carbonyl (C=O) groups excluding carboxylic acids is 5. The molecular formula is C23H33ClN2O8. The zero-order chi connectivity index (χ0) is 26.6. The van der Waals surface area contributed by atoms with E-state index in [4.69, 9.17) is 25.8 Å². The fraction of sp³-hybridized carbons (Fsp3) is 0.522. The second-order valence-corrected chi connectivity index (χ2v) is 7.34. The van der Waals surface area contributed by atoms with Crippen LogP contribution in [-0.2, 0) is 28.6 Å². The number of ether oxygens (including phenoxy) is 3. The van der Waals surface area contributed by atoms with Gasteiger partial charge in [0.1, 0.15) is 13.2 Å². The van der Waals surface area contributed by atoms with Crippen LogP contribution in [0.2, 0.25) is 0 Å². The maximum atomic E-state index is 13.0. The van der Waals surface area contributed by atoms with E-state index in [1.165, 1.54) is 21.0 Å². The van der Waals surface area contributed by atoms with Crippen LogP contribution in [0.5, 0.6) is 0 Å². The van der Waals surface area contributed by atoms with Crippen molar-refractivity contribution in [3.63, 3.8) is 0 Å². The van der Waals surface area contributed by atoms with Gasteiger partial charge in [-0.3, -0.25) is 24.0 Å². The Kier molecular flexibility index (Phi) is 13.7. The van der Waals surface area contributed by atoms with E-state index in [1.54, 1.807) is 20.8 Å². The molecule has 1 unspecified atom stereocenters. The predicted octanol–water partition coefficient (Wildman–Crippen LogP) is 2.83. The maximum Gasteiger partial charge on any atom is 0.303 e. The van der Waals surface area contributed by atoms with E-state index in [9.17, 15) is 24.0 Å². The van der Waals surface area contributed by atoms with Crippen LogP contribution in [0, 0.1) is 20.8 Å². The van der Waals surface area contributed by atoms with Gasteiger partial charge in [-0.25, -0.2) is 0 Å². The third-order valence-electron chi connectivity index (χ3n) is 4.51. The van der Waals surface area contributed by atoms with Crippen LogP contribution in [0.25, 0.3) is 0 Å². The maximum absolute atomic E-state index is 13.0. The van der Waals surface area contributed by atoms with Gasteiger partial charge in [0, 0.05) is 37.8 Å². The van der Waals surface area contributed by atoms with Crippen molar-refractivity contribution in [2.75, 3.05) is 32.2 Å². The second kappa shape index (κ2) is 15.0. The molecule has 190 valence electrons. The van der Waals surface area contributed by atoms with Gasteiger partial charge in [0.25, 0.3) is 11.1 Å². The van der Waals surface area contributed by atoms with Crippen molar-refractivity contribution in [3.8, 4) is 0 Å². The van der Waals surface area contributed by atoms with E-state index in [1.807, 2.05) is 13.8 Å². The fourth-order valence-electron chi connectivity index (χ4n) is 3.22. The van der Waals surface area contributed by atoms with Crippen LogP contribution in [0.1, 0.15) is 65.1 Å². The lowest BCUT2D eigenvalue weighted by atomic mass is 9.91. The number of amides is 2. The molecular weight excluding hydrogens is 468 g/mol. The molecule has 0 aromatic heterocycles. The normalized spacial score (nSPS) is 10.9. The molecule has 0 fully saturated rings. The lowest BCUT2D eigenvalue weighted by Crippen LogP contribution is -2.38. The Bertz CT molecular complexity index is 930. The standard InChI is InChI=1S/C21H27ClN2O8.C2H6/c1-10-17(20(22)28)11(2)19(24-16(27)9-30-6)12(3)18(10)21(29)23-7-15(32-14(5)26)8-31-13(4)25;1-2/h15H,7-9H2,1-6H3,(H,23,29)(H,24,27);1-2H3. The first-order valence-electron chi connectivity index (χ1n) is 10.6. The fourth-order valence-corrected chi connectivity index (χ4v) is 3.51. The molecule has 0 aliphatic carbocycles. The number of halogens is 1. The lowest BCUT2D eigenvalue weighted by Gasteiger charge is -2.22. The molecule has 10 nitrogen and oxygen atoms in total. The second-order valence-electron chi connectivity index (χ2n) is 7.00. The number of esters is 2. The summed E-state index contributed by atoms with van der Waals surface area (Å²) in [6.07, 6.45) is -0.915. The minimum atomic E-state index is -0.915. The number of benzene rings is 1. The van der Waals surface area contributed by atoms with Gasteiger partial charge in [0.2, 0.25) is 5.91 Å². The van der Waals surface area contributed by atoms with E-state index >= 15 is 0 Å². The van der Waals surface area contributed by atoms with Crippen LogP contribution >= 0.6 is 11.6 Å². The lowest BCUT2D eigenvalue weighted by molar-refractivity contribution is -0.155. The summed E-state index contributed by atoms with van der Waals surface area (Å²) in [5, 5.41) is 4.45. The zero-order valence-electron chi connectivity index (χ0n) is 20.8. The van der Waals surface area contributed by atoms with Crippen LogP contribution in [-0.4, -0.2) is 62.0 Å². The molecule has 0 radical (unpaired) electrons. The topological polar surface area (TPSA) is 137 Å². The molecule has 0 spiro atoms. The monoisotopic (exact) mass is 500 g/mol. The highest BCUT2D eigenvalue weighted by atomic mass is 35.5. The third-order valence-corrected chi connectivity index (χ3v) is 4.70. The van der Waals surface area contributed by atoms with Crippen molar-refractivity contribution < 1.29 is 38.2 Å². The summed E-state index contributed by atoms with van der Waals surface area (Å²) >= 11 is 5.75. The Morgan fingerprint density at radius 1 is 0.912 bits per heavy atom. The first-order valence-corrected chi connectivity index (χ1v) is 11.0. The first kappa shape index (κ1) is 31.0. The predicted molar refractivity (Wildman–Crippen MR) is 127 cm³/mol. The summed E-state index contributed by atoms with van der Waals surface area (Å²) in [4.78, 5) is 59.5. The number of nitrogens with one attached hydrogen (secondary N) is 2. The van der Waals surface area contributed by atoms with Gasteiger partial charge < -0.3 is 24.8 Å². The molecule has 1 aromatic rings. The molecule has 1 atom stereocenters. The van der Waals surface area contributed by atoms with Gasteiger partial charge in [-0.05, 0) is 49.1 Å². The minimum Gasteiger partial charge on any atom is -0.462 e. The van der Waals surface area contributed by atoms with Gasteiger partial charge in [0.05, 0.1) is 6.54 Å². The van der Waals surface area contributed by atoms with E-state index in [0.29, 0.717) is 16.7 Å². The molecule has 34 heavy (non-hydrogen) atoms. The summed E-state index contributed by atoms with van der Waals surface area (Å²) in [5.41, 5.74) is 1.63. The summed E-state index contributed by atoms with van der Waals surface area (Å²) in [7, 11) is 1.36. The molecule has 0 saturated carbocycles. The molecule has 2 amide bonds. The number of carbonyl (C=O) groups is 5. The van der Waals surface area contributed by atoms with Crippen LogP contribution in [0.3, 0.4) is 0 Å². The van der Waals surface area contributed by atoms with Crippen molar-refractivity contribution in [1.29, 1.82) is 0 Å². The summed E-state index contributed by atoms with van der Waals surface area (Å²) in [5.74, 6) is -2.25. The third kappa shape index (κ3) is 9.11. The van der Waals surface area contributed by atoms with Gasteiger partial charge in [-0.1, -0.05) is 13.8 Å². The van der Waals surface area contributed by atoms with Crippen molar-refractivity contribution >= 4 is 46.3 Å². The van der Waals surface area contributed by atoms with E-state index in [2.05, 4.69) is 10.6 Å². The SMILES string of the molecule is CC.COCC(=O)Nc1c(C)c(C(=O)Cl)c(C)c(C(=O)NCC(COC(C)=O)OC(C)=O)c1C. The zero-order valence-corrected chi connectivity index (χ0v) is 21.6. The highest BCUT2D eigenvalue weighted by molar-refractivity contribution is 6.68. The summed E-state index contributed by atoms with van der Waals surface area (Å²) < 4.78 is 14.7. The van der Waals surface area contributed by atoms with Gasteiger partial charge in [-0.2, -0.15) is 0 Å². The number of hydrogen-bond donors (Lipinski definition) is 2. The molecule has 0 saturated heterocycles. The first-order chi connectivity index (χ1) is 15.9. The van der Waals surface area contributed by atoms with E-state index in [-0.39, 0.29) is 36.6 Å². The number of rotatable bonds is 10. The van der Waals surface area contributed by atoms with Crippen molar-refractivity contribution in [2.45, 2.75) is 54.6 Å². The molecule has 0 heterocycles. The largest absolute Gasteiger partial charge is 0.462 e. The molecule has 0 aliphatic heterocycles. The number of anilines is 1. The van der Waals surface area contributed by atoms with Crippen LogP contribution < -0.4 is 10.6 Å². The van der Waals surface area contributed by atoms with Gasteiger partial charge in [0.15, 0.2) is 6.10 Å². The average molecular weight is 501 g/mol. The highest BCUT2D eigenvalue weighted by Crippen LogP contribution is 2.32. The van der Waals surface area contributed by atoms with E-state index in [0.717, 1.165) is 0 Å². The Morgan fingerprint density at radius 2 is 1.47 bits per heavy atom. The molecule has 11 heteroatoms. The van der Waals surface area contributed by atoms with Crippen LogP contribution in [0.4, 0.5) is 5.69 Å². The molecule has 2 N–H and O–H groups in total. The van der Waals surface area contributed by atoms with Crippen LogP contribution in [0.15, 0.2) is 0 Å². The number of hydrogen-bond acceptors (Lipinski definition) is 8. The Morgan fingerprint density at radius 3 is 1.94 bits per heavy atom. The number of methoxy groups -OCH3 is 1. The Hall–Kier alpha value is -2.98. The molecule has 0 aliphatic rings. The Labute approximate surface area is 204 Å². The van der Waals surface area contributed by atoms with E-state index < -0.39 is 35.1 Å². The Balaban J connectivity index is 0.00000529. The molecule has 1 aromatic carbocycles. The van der Waals surface area contributed by atoms with Gasteiger partial charge >= 0.3 is 11.9 Å². The minimum absolute atomic E-state index is 0.0894. The van der Waals surface area contributed by atoms with Crippen molar-refractivity contribution in [3.05, 3.63) is 27.8 Å². The quantitative estimate of drug-likeness (QED) is 0.369. The smallest absolute Gasteiger partial charge is 0.303 e. The molecule has 1 rings (SSSR count). The van der Waals surface area contributed by atoms with Crippen molar-refractivity contribution in [1.82, 2.24) is 5.32 Å². The summed E-state index contributed by atoms with van der Waals surface area (Å²) in [6.45, 7) is 10.5. The summed E-state index contributed by atoms with van der Waals surface area (Å²) in [6, 6.07) is 0. The molecule has 0 bridgehead atoms. The van der Waals surface area contributed by atoms with Crippen molar-refractivity contribution in [2.24, 2.45) is 0 Å². The van der Waals surface area contributed by atoms with Gasteiger partial charge in [-0.15, -0.1) is 0 Å². The highest BCUT2D eigenvalue weighted by Gasteiger charge is 2.26.